The van der Waals surface area contributed by atoms with Crippen LogP contribution in [0.15, 0.2) is 18.2 Å². The highest BCUT2D eigenvalue weighted by Crippen LogP contribution is 2.14. The molecule has 1 aromatic rings. The van der Waals surface area contributed by atoms with Crippen LogP contribution in [0.25, 0.3) is 0 Å². The van der Waals surface area contributed by atoms with E-state index in [-0.39, 0.29) is 5.91 Å². The Hall–Kier alpha value is -1.35. The molecule has 0 aliphatic rings. The number of aryl methyl sites for hydroxylation is 2. The third-order valence-corrected chi connectivity index (χ3v) is 3.28. The second-order valence-corrected chi connectivity index (χ2v) is 5.05. The fraction of sp³-hybridized carbons (Fsp3) is 0.562. The second-order valence-electron chi connectivity index (χ2n) is 5.05. The number of rotatable bonds is 8. The summed E-state index contributed by atoms with van der Waals surface area (Å²) in [6, 6.07) is 6.00. The molecule has 106 valence electrons. The summed E-state index contributed by atoms with van der Waals surface area (Å²) in [5.74, 6) is 0.0752. The number of carbonyl (C=O) groups is 1. The first kappa shape index (κ1) is 15.7. The zero-order valence-electron chi connectivity index (χ0n) is 12.4. The molecule has 3 heteroatoms. The molecule has 1 amide bonds. The molecule has 0 aliphatic heterocycles. The van der Waals surface area contributed by atoms with Crippen molar-refractivity contribution in [1.29, 1.82) is 0 Å². The zero-order valence-corrected chi connectivity index (χ0v) is 12.4. The summed E-state index contributed by atoms with van der Waals surface area (Å²) >= 11 is 0. The molecule has 0 fully saturated rings. The molecule has 0 saturated carbocycles. The van der Waals surface area contributed by atoms with E-state index in [0.29, 0.717) is 6.42 Å². The van der Waals surface area contributed by atoms with Crippen LogP contribution in [0.4, 0.5) is 5.69 Å². The average molecular weight is 262 g/mol. The van der Waals surface area contributed by atoms with Crippen LogP contribution in [-0.4, -0.2) is 19.0 Å². The van der Waals surface area contributed by atoms with Crippen molar-refractivity contribution in [2.24, 2.45) is 0 Å². The van der Waals surface area contributed by atoms with Gasteiger partial charge < -0.3 is 10.6 Å². The summed E-state index contributed by atoms with van der Waals surface area (Å²) in [4.78, 5) is 11.7. The van der Waals surface area contributed by atoms with E-state index in [1.54, 1.807) is 0 Å². The summed E-state index contributed by atoms with van der Waals surface area (Å²) in [5.41, 5.74) is 3.34. The molecule has 0 aromatic heterocycles. The fourth-order valence-corrected chi connectivity index (χ4v) is 1.87. The molecule has 0 spiro atoms. The SMILES string of the molecule is CCCCCNCCC(=O)Nc1ccc(C)c(C)c1. The lowest BCUT2D eigenvalue weighted by atomic mass is 10.1. The van der Waals surface area contributed by atoms with Crippen LogP contribution in [0, 0.1) is 13.8 Å². The normalized spacial score (nSPS) is 10.5. The molecule has 1 aromatic carbocycles. The van der Waals surface area contributed by atoms with Gasteiger partial charge in [0.05, 0.1) is 0 Å². The predicted octanol–water partition coefficient (Wildman–Crippen LogP) is 3.41. The Kier molecular flexibility index (Phi) is 7.19. The standard InChI is InChI=1S/C16H26N2O/c1-4-5-6-10-17-11-9-16(19)18-15-8-7-13(2)14(3)12-15/h7-8,12,17H,4-6,9-11H2,1-3H3,(H,18,19). The van der Waals surface area contributed by atoms with Crippen LogP contribution in [0.2, 0.25) is 0 Å². The van der Waals surface area contributed by atoms with E-state index in [4.69, 9.17) is 0 Å². The van der Waals surface area contributed by atoms with Gasteiger partial charge in [-0.15, -0.1) is 0 Å². The molecule has 3 nitrogen and oxygen atoms in total. The summed E-state index contributed by atoms with van der Waals surface area (Å²) in [7, 11) is 0. The van der Waals surface area contributed by atoms with Gasteiger partial charge in [-0.05, 0) is 50.1 Å². The quantitative estimate of drug-likeness (QED) is 0.705. The number of hydrogen-bond donors (Lipinski definition) is 2. The van der Waals surface area contributed by atoms with E-state index < -0.39 is 0 Å². The van der Waals surface area contributed by atoms with Crippen LogP contribution >= 0.6 is 0 Å². The van der Waals surface area contributed by atoms with Crippen LogP contribution in [0.3, 0.4) is 0 Å². The Morgan fingerprint density at radius 3 is 2.58 bits per heavy atom. The first-order valence-electron chi connectivity index (χ1n) is 7.21. The summed E-state index contributed by atoms with van der Waals surface area (Å²) in [6.07, 6.45) is 4.20. The molecule has 0 bridgehead atoms. The van der Waals surface area contributed by atoms with Crippen molar-refractivity contribution >= 4 is 11.6 Å². The maximum absolute atomic E-state index is 11.7. The highest BCUT2D eigenvalue weighted by atomic mass is 16.1. The van der Waals surface area contributed by atoms with Gasteiger partial charge in [0.25, 0.3) is 0 Å². The van der Waals surface area contributed by atoms with Crippen molar-refractivity contribution in [3.8, 4) is 0 Å². The monoisotopic (exact) mass is 262 g/mol. The molecule has 0 heterocycles. The molecule has 0 unspecified atom stereocenters. The van der Waals surface area contributed by atoms with Crippen LogP contribution in [0.5, 0.6) is 0 Å². The van der Waals surface area contributed by atoms with Crippen LogP contribution < -0.4 is 10.6 Å². The van der Waals surface area contributed by atoms with Crippen molar-refractivity contribution in [3.63, 3.8) is 0 Å². The third-order valence-electron chi connectivity index (χ3n) is 3.28. The smallest absolute Gasteiger partial charge is 0.225 e. The van der Waals surface area contributed by atoms with Gasteiger partial charge in [-0.25, -0.2) is 0 Å². The van der Waals surface area contributed by atoms with Gasteiger partial charge in [0, 0.05) is 18.7 Å². The predicted molar refractivity (Wildman–Crippen MR) is 81.6 cm³/mol. The number of benzene rings is 1. The van der Waals surface area contributed by atoms with Crippen molar-refractivity contribution in [3.05, 3.63) is 29.3 Å². The van der Waals surface area contributed by atoms with Gasteiger partial charge >= 0.3 is 0 Å². The van der Waals surface area contributed by atoms with Gasteiger partial charge in [0.15, 0.2) is 0 Å². The number of amides is 1. The van der Waals surface area contributed by atoms with Gasteiger partial charge in [-0.1, -0.05) is 25.8 Å². The van der Waals surface area contributed by atoms with Crippen LogP contribution in [0.1, 0.15) is 43.7 Å². The average Bonchev–Trinajstić information content (AvgIpc) is 2.38. The molecule has 0 aliphatic carbocycles. The Balaban J connectivity index is 2.21. The molecule has 0 radical (unpaired) electrons. The minimum Gasteiger partial charge on any atom is -0.326 e. The van der Waals surface area contributed by atoms with E-state index in [0.717, 1.165) is 18.8 Å². The van der Waals surface area contributed by atoms with Crippen molar-refractivity contribution < 1.29 is 4.79 Å². The van der Waals surface area contributed by atoms with Crippen molar-refractivity contribution in [1.82, 2.24) is 5.32 Å². The molecule has 0 atom stereocenters. The van der Waals surface area contributed by atoms with E-state index in [9.17, 15) is 4.79 Å². The van der Waals surface area contributed by atoms with Crippen LogP contribution in [-0.2, 0) is 4.79 Å². The summed E-state index contributed by atoms with van der Waals surface area (Å²) < 4.78 is 0. The summed E-state index contributed by atoms with van der Waals surface area (Å²) in [5, 5.41) is 6.23. The molecule has 1 rings (SSSR count). The summed E-state index contributed by atoms with van der Waals surface area (Å²) in [6.45, 7) is 8.07. The molecule has 2 N–H and O–H groups in total. The molecular formula is C16H26N2O. The number of carbonyl (C=O) groups excluding carboxylic acids is 1. The largest absolute Gasteiger partial charge is 0.326 e. The van der Waals surface area contributed by atoms with Gasteiger partial charge in [-0.3, -0.25) is 4.79 Å². The molecular weight excluding hydrogens is 236 g/mol. The third kappa shape index (κ3) is 6.39. The maximum Gasteiger partial charge on any atom is 0.225 e. The topological polar surface area (TPSA) is 41.1 Å². The van der Waals surface area contributed by atoms with Crippen molar-refractivity contribution in [2.75, 3.05) is 18.4 Å². The van der Waals surface area contributed by atoms with E-state index in [1.807, 2.05) is 18.2 Å². The number of nitrogens with one attached hydrogen (secondary N) is 2. The first-order valence-corrected chi connectivity index (χ1v) is 7.21. The highest BCUT2D eigenvalue weighted by molar-refractivity contribution is 5.90. The lowest BCUT2D eigenvalue weighted by Gasteiger charge is -2.08. The second kappa shape index (κ2) is 8.70. The Morgan fingerprint density at radius 2 is 1.89 bits per heavy atom. The first-order chi connectivity index (χ1) is 9.13. The Bertz CT molecular complexity index is 402. The Labute approximate surface area is 116 Å². The van der Waals surface area contributed by atoms with Gasteiger partial charge in [-0.2, -0.15) is 0 Å². The van der Waals surface area contributed by atoms with Gasteiger partial charge in [0.1, 0.15) is 0 Å². The fourth-order valence-electron chi connectivity index (χ4n) is 1.87. The zero-order chi connectivity index (χ0) is 14.1. The molecule has 0 saturated heterocycles. The minimum absolute atomic E-state index is 0.0752. The van der Waals surface area contributed by atoms with Crippen molar-refractivity contribution in [2.45, 2.75) is 46.5 Å². The lowest BCUT2D eigenvalue weighted by Crippen LogP contribution is -2.22. The Morgan fingerprint density at radius 1 is 1.11 bits per heavy atom. The van der Waals surface area contributed by atoms with E-state index in [2.05, 4.69) is 31.4 Å². The molecule has 19 heavy (non-hydrogen) atoms. The van der Waals surface area contributed by atoms with E-state index in [1.165, 1.54) is 30.4 Å². The van der Waals surface area contributed by atoms with E-state index >= 15 is 0 Å². The number of hydrogen-bond acceptors (Lipinski definition) is 2. The number of unbranched alkanes of at least 4 members (excludes halogenated alkanes) is 2. The minimum atomic E-state index is 0.0752. The highest BCUT2D eigenvalue weighted by Gasteiger charge is 2.02. The lowest BCUT2D eigenvalue weighted by molar-refractivity contribution is -0.116. The number of anilines is 1. The maximum atomic E-state index is 11.7. The van der Waals surface area contributed by atoms with Gasteiger partial charge in [0.2, 0.25) is 5.91 Å².